The molecule has 0 unspecified atom stereocenters. The largest absolute Gasteiger partial charge is 0.290 e. The highest BCUT2D eigenvalue weighted by Gasteiger charge is 2.11. The number of pyridine rings is 1. The summed E-state index contributed by atoms with van der Waals surface area (Å²) < 4.78 is 4.29. The average molecular weight is 500 g/mol. The number of fused-ring (bicyclic) bond motifs is 6. The molecule has 0 amide bonds. The molecule has 3 aromatic carbocycles. The Morgan fingerprint density at radius 3 is 1.72 bits per heavy atom. The molecule has 0 aliphatic rings. The van der Waals surface area contributed by atoms with Crippen molar-refractivity contribution in [3.63, 3.8) is 0 Å². The number of nitrogens with zero attached hydrogens (tertiary/aromatic N) is 5. The van der Waals surface area contributed by atoms with E-state index in [0.717, 1.165) is 60.1 Å². The number of rotatable bonds is 3. The second kappa shape index (κ2) is 7.58. The number of thiazole rings is 2. The van der Waals surface area contributed by atoms with Crippen molar-refractivity contribution in [3.8, 4) is 33.6 Å². The van der Waals surface area contributed by atoms with E-state index in [2.05, 4.69) is 111 Å². The van der Waals surface area contributed by atoms with Crippen molar-refractivity contribution in [1.82, 2.24) is 23.8 Å². The van der Waals surface area contributed by atoms with Crippen molar-refractivity contribution < 1.29 is 0 Å². The lowest BCUT2D eigenvalue weighted by atomic mass is 10.0. The lowest BCUT2D eigenvalue weighted by Crippen LogP contribution is -1.89. The van der Waals surface area contributed by atoms with Crippen LogP contribution < -0.4 is 0 Å². The van der Waals surface area contributed by atoms with Crippen molar-refractivity contribution in [2.75, 3.05) is 0 Å². The van der Waals surface area contributed by atoms with Gasteiger partial charge in [-0.15, -0.1) is 22.7 Å². The van der Waals surface area contributed by atoms with Crippen LogP contribution in [0.3, 0.4) is 0 Å². The predicted octanol–water partition coefficient (Wildman–Crippen LogP) is 7.81. The summed E-state index contributed by atoms with van der Waals surface area (Å²) in [5.74, 6) is 0. The van der Waals surface area contributed by atoms with Gasteiger partial charge in [0, 0.05) is 34.3 Å². The van der Waals surface area contributed by atoms with Gasteiger partial charge in [0.2, 0.25) is 0 Å². The highest BCUT2D eigenvalue weighted by Crippen LogP contribution is 2.31. The fraction of sp³-hybridized carbons (Fsp3) is 0. The Labute approximate surface area is 213 Å². The molecule has 170 valence electrons. The van der Waals surface area contributed by atoms with Crippen LogP contribution in [0.15, 0.2) is 102 Å². The van der Waals surface area contributed by atoms with Gasteiger partial charge in [0.05, 0.1) is 33.5 Å². The lowest BCUT2D eigenvalue weighted by Gasteiger charge is -2.08. The molecule has 7 heteroatoms. The number of imidazole rings is 2. The molecule has 0 spiro atoms. The number of aromatic nitrogens is 5. The monoisotopic (exact) mass is 499 g/mol. The van der Waals surface area contributed by atoms with Crippen LogP contribution in [0.25, 0.3) is 65.6 Å². The summed E-state index contributed by atoms with van der Waals surface area (Å²) in [5, 5.41) is 4.13. The summed E-state index contributed by atoms with van der Waals surface area (Å²) in [4.78, 5) is 16.5. The fourth-order valence-electron chi connectivity index (χ4n) is 4.85. The summed E-state index contributed by atoms with van der Waals surface area (Å²) in [7, 11) is 0. The third-order valence-corrected chi connectivity index (χ3v) is 8.13. The molecule has 8 rings (SSSR count). The van der Waals surface area contributed by atoms with Gasteiger partial charge in [0.1, 0.15) is 0 Å². The first-order valence-electron chi connectivity index (χ1n) is 11.6. The highest BCUT2D eigenvalue weighted by molar-refractivity contribution is 7.15. The first kappa shape index (κ1) is 19.9. The van der Waals surface area contributed by atoms with Crippen molar-refractivity contribution in [3.05, 3.63) is 102 Å². The molecule has 0 radical (unpaired) electrons. The van der Waals surface area contributed by atoms with Crippen LogP contribution in [0.5, 0.6) is 0 Å². The summed E-state index contributed by atoms with van der Waals surface area (Å²) in [6.07, 6.45) is 4.15. The normalized spacial score (nSPS) is 11.9. The third kappa shape index (κ3) is 3.03. The van der Waals surface area contributed by atoms with Gasteiger partial charge in [-0.25, -0.2) is 15.0 Å². The Morgan fingerprint density at radius 2 is 1.03 bits per heavy atom. The lowest BCUT2D eigenvalue weighted by molar-refractivity contribution is 1.28. The Bertz CT molecular complexity index is 1920. The van der Waals surface area contributed by atoms with E-state index in [1.54, 1.807) is 22.7 Å². The van der Waals surface area contributed by atoms with Crippen LogP contribution >= 0.6 is 22.7 Å². The standard InChI is InChI=1S/C29H17N5S2/c1-3-18(19-7-9-24-26(16-19)33-11-13-35-28(33)31-24)15-20(4-1)22-5-2-6-23(30-22)21-8-10-25-27(17-21)34-12-14-36-29(34)32-25/h1-17H. The quantitative estimate of drug-likeness (QED) is 0.249. The van der Waals surface area contributed by atoms with Gasteiger partial charge in [-0.05, 0) is 53.6 Å². The van der Waals surface area contributed by atoms with Gasteiger partial charge in [0.25, 0.3) is 0 Å². The first-order valence-corrected chi connectivity index (χ1v) is 13.3. The number of hydrogen-bond donors (Lipinski definition) is 0. The molecule has 8 aromatic rings. The fourth-order valence-corrected chi connectivity index (χ4v) is 6.31. The first-order chi connectivity index (χ1) is 17.8. The maximum absolute atomic E-state index is 5.04. The van der Waals surface area contributed by atoms with Crippen LogP contribution in [-0.2, 0) is 0 Å². The Hall–Kier alpha value is -4.33. The van der Waals surface area contributed by atoms with E-state index >= 15 is 0 Å². The second-order valence-corrected chi connectivity index (χ2v) is 10.5. The molecule has 0 fully saturated rings. The minimum atomic E-state index is 0.950. The van der Waals surface area contributed by atoms with E-state index in [9.17, 15) is 0 Å². The molecule has 0 aliphatic carbocycles. The van der Waals surface area contributed by atoms with Gasteiger partial charge in [-0.2, -0.15) is 0 Å². The van der Waals surface area contributed by atoms with Crippen molar-refractivity contribution in [1.29, 1.82) is 0 Å². The van der Waals surface area contributed by atoms with Crippen LogP contribution in [0.2, 0.25) is 0 Å². The van der Waals surface area contributed by atoms with Crippen LogP contribution in [0.1, 0.15) is 0 Å². The Balaban J connectivity index is 1.20. The maximum Gasteiger partial charge on any atom is 0.194 e. The molecule has 0 bridgehead atoms. The van der Waals surface area contributed by atoms with E-state index in [-0.39, 0.29) is 0 Å². The molecule has 36 heavy (non-hydrogen) atoms. The van der Waals surface area contributed by atoms with Gasteiger partial charge in [0.15, 0.2) is 9.92 Å². The van der Waals surface area contributed by atoms with E-state index in [1.165, 1.54) is 5.56 Å². The molecule has 5 nitrogen and oxygen atoms in total. The van der Waals surface area contributed by atoms with Gasteiger partial charge in [-0.1, -0.05) is 36.4 Å². The van der Waals surface area contributed by atoms with E-state index < -0.39 is 0 Å². The van der Waals surface area contributed by atoms with Gasteiger partial charge >= 0.3 is 0 Å². The summed E-state index contributed by atoms with van der Waals surface area (Å²) in [6.45, 7) is 0. The molecule has 0 saturated heterocycles. The maximum atomic E-state index is 5.04. The minimum Gasteiger partial charge on any atom is -0.290 e. The topological polar surface area (TPSA) is 47.5 Å². The van der Waals surface area contributed by atoms with Crippen LogP contribution in [0, 0.1) is 0 Å². The summed E-state index contributed by atoms with van der Waals surface area (Å²) in [6, 6.07) is 27.7. The predicted molar refractivity (Wildman–Crippen MR) is 149 cm³/mol. The second-order valence-electron chi connectivity index (χ2n) is 8.73. The van der Waals surface area contributed by atoms with E-state index in [4.69, 9.17) is 15.0 Å². The van der Waals surface area contributed by atoms with Gasteiger partial charge < -0.3 is 0 Å². The molecule has 5 aromatic heterocycles. The zero-order valence-electron chi connectivity index (χ0n) is 18.9. The van der Waals surface area contributed by atoms with Crippen LogP contribution in [-0.4, -0.2) is 23.8 Å². The zero-order valence-corrected chi connectivity index (χ0v) is 20.5. The molecule has 0 aliphatic heterocycles. The summed E-state index contributed by atoms with van der Waals surface area (Å²) >= 11 is 3.30. The number of benzene rings is 3. The van der Waals surface area contributed by atoms with E-state index in [0.29, 0.717) is 0 Å². The molecule has 0 N–H and O–H groups in total. The average Bonchev–Trinajstić information content (AvgIpc) is 3.70. The Morgan fingerprint density at radius 1 is 0.500 bits per heavy atom. The third-order valence-electron chi connectivity index (χ3n) is 6.62. The van der Waals surface area contributed by atoms with Crippen LogP contribution in [0.4, 0.5) is 0 Å². The van der Waals surface area contributed by atoms with Crippen molar-refractivity contribution in [2.24, 2.45) is 0 Å². The van der Waals surface area contributed by atoms with E-state index in [1.807, 2.05) is 0 Å². The SMILES string of the molecule is c1cc(-c2ccc3nc4sccn4c3c2)cc(-c2cccc(-c3ccc4nc5sccn5c4c3)n2)c1. The summed E-state index contributed by atoms with van der Waals surface area (Å²) in [5.41, 5.74) is 10.7. The molecular formula is C29H17N5S2. The van der Waals surface area contributed by atoms with Gasteiger partial charge in [-0.3, -0.25) is 8.80 Å². The molecule has 5 heterocycles. The molecular weight excluding hydrogens is 482 g/mol. The number of hydrogen-bond acceptors (Lipinski definition) is 5. The molecule has 0 saturated carbocycles. The van der Waals surface area contributed by atoms with Crippen molar-refractivity contribution >= 4 is 54.7 Å². The minimum absolute atomic E-state index is 0.950. The Kier molecular flexibility index (Phi) is 4.20. The van der Waals surface area contributed by atoms with Crippen molar-refractivity contribution in [2.45, 2.75) is 0 Å². The molecule has 0 atom stereocenters. The smallest absolute Gasteiger partial charge is 0.194 e. The zero-order chi connectivity index (χ0) is 23.6. The highest BCUT2D eigenvalue weighted by atomic mass is 32.1.